The summed E-state index contributed by atoms with van der Waals surface area (Å²) in [6.07, 6.45) is 3.43. The van der Waals surface area contributed by atoms with E-state index >= 15 is 0 Å². The number of halogens is 3. The van der Waals surface area contributed by atoms with Gasteiger partial charge in [-0.15, -0.1) is 0 Å². The SMILES string of the molecule is O=C(NC1CCCCCC1)NS(=O)(=O)c1cnccc1Nc1cccc(C(F)(F)F)c1. The van der Waals surface area contributed by atoms with E-state index in [0.717, 1.165) is 56.9 Å². The van der Waals surface area contributed by atoms with Gasteiger partial charge in [-0.1, -0.05) is 31.7 Å². The Morgan fingerprint density at radius 3 is 2.45 bits per heavy atom. The molecule has 1 fully saturated rings. The van der Waals surface area contributed by atoms with E-state index < -0.39 is 27.8 Å². The van der Waals surface area contributed by atoms with Crippen molar-refractivity contribution in [2.24, 2.45) is 0 Å². The lowest BCUT2D eigenvalue weighted by Crippen LogP contribution is -2.44. The molecule has 2 amide bonds. The van der Waals surface area contributed by atoms with Crippen LogP contribution in [0.5, 0.6) is 0 Å². The molecule has 1 heterocycles. The summed E-state index contributed by atoms with van der Waals surface area (Å²) in [5.41, 5.74) is -0.846. The lowest BCUT2D eigenvalue weighted by Gasteiger charge is -2.18. The Morgan fingerprint density at radius 1 is 1.06 bits per heavy atom. The molecular weight excluding hydrogens is 433 g/mol. The smallest absolute Gasteiger partial charge is 0.354 e. The van der Waals surface area contributed by atoms with Crippen LogP contribution >= 0.6 is 0 Å². The fourth-order valence-electron chi connectivity index (χ4n) is 3.44. The second-order valence-corrected chi connectivity index (χ2v) is 8.99. The minimum absolute atomic E-state index is 0.0101. The maximum absolute atomic E-state index is 12.9. The third-order valence-electron chi connectivity index (χ3n) is 4.96. The molecule has 0 radical (unpaired) electrons. The molecule has 0 atom stereocenters. The van der Waals surface area contributed by atoms with Crippen molar-refractivity contribution < 1.29 is 26.4 Å². The minimum Gasteiger partial charge on any atom is -0.354 e. The summed E-state index contributed by atoms with van der Waals surface area (Å²) in [7, 11) is -4.32. The zero-order valence-corrected chi connectivity index (χ0v) is 17.4. The summed E-state index contributed by atoms with van der Waals surface area (Å²) in [5, 5.41) is 5.35. The van der Waals surface area contributed by atoms with Crippen LogP contribution in [0.4, 0.5) is 29.3 Å². The van der Waals surface area contributed by atoms with Crippen LogP contribution in [0.1, 0.15) is 44.1 Å². The van der Waals surface area contributed by atoms with Gasteiger partial charge in [0.1, 0.15) is 4.90 Å². The van der Waals surface area contributed by atoms with Gasteiger partial charge in [0.15, 0.2) is 0 Å². The first-order valence-corrected chi connectivity index (χ1v) is 11.3. The largest absolute Gasteiger partial charge is 0.416 e. The molecule has 1 aliphatic rings. The third-order valence-corrected chi connectivity index (χ3v) is 6.32. The maximum atomic E-state index is 12.9. The second-order valence-electron chi connectivity index (χ2n) is 7.34. The molecule has 0 unspecified atom stereocenters. The van der Waals surface area contributed by atoms with E-state index in [1.54, 1.807) is 0 Å². The number of alkyl halides is 3. The molecule has 11 heteroatoms. The van der Waals surface area contributed by atoms with Gasteiger partial charge in [0, 0.05) is 24.1 Å². The summed E-state index contributed by atoms with van der Waals surface area (Å²) >= 11 is 0. The van der Waals surface area contributed by atoms with Crippen LogP contribution in [-0.4, -0.2) is 25.5 Å². The van der Waals surface area contributed by atoms with Crippen molar-refractivity contribution in [2.75, 3.05) is 5.32 Å². The summed E-state index contributed by atoms with van der Waals surface area (Å²) in [6, 6.07) is 4.71. The van der Waals surface area contributed by atoms with Gasteiger partial charge in [-0.05, 0) is 37.1 Å². The molecule has 1 saturated carbocycles. The summed E-state index contributed by atoms with van der Waals surface area (Å²) in [5.74, 6) is 0. The van der Waals surface area contributed by atoms with Crippen LogP contribution in [0.3, 0.4) is 0 Å². The van der Waals surface area contributed by atoms with E-state index in [0.29, 0.717) is 0 Å². The number of nitrogens with zero attached hydrogens (tertiary/aromatic N) is 1. The van der Waals surface area contributed by atoms with E-state index in [9.17, 15) is 26.4 Å². The number of carbonyl (C=O) groups excluding carboxylic acids is 1. The van der Waals surface area contributed by atoms with E-state index in [-0.39, 0.29) is 22.3 Å². The normalized spacial score (nSPS) is 15.7. The summed E-state index contributed by atoms with van der Waals surface area (Å²) < 4.78 is 66.3. The molecular formula is C20H23F3N4O3S. The van der Waals surface area contributed by atoms with Crippen LogP contribution < -0.4 is 15.4 Å². The number of rotatable bonds is 5. The van der Waals surface area contributed by atoms with Crippen LogP contribution in [0.25, 0.3) is 0 Å². The second kappa shape index (κ2) is 9.54. The van der Waals surface area contributed by atoms with Crippen LogP contribution in [0.15, 0.2) is 47.6 Å². The first kappa shape index (κ1) is 22.9. The Kier molecular flexibility index (Phi) is 7.04. The Hall–Kier alpha value is -2.82. The van der Waals surface area contributed by atoms with Crippen molar-refractivity contribution in [1.82, 2.24) is 15.0 Å². The predicted octanol–water partition coefficient (Wildman–Crippen LogP) is 4.55. The van der Waals surface area contributed by atoms with Gasteiger partial charge in [-0.3, -0.25) is 4.98 Å². The number of anilines is 2. The fraction of sp³-hybridized carbons (Fsp3) is 0.400. The maximum Gasteiger partial charge on any atom is 0.416 e. The average molecular weight is 456 g/mol. The first-order chi connectivity index (χ1) is 14.6. The number of nitrogens with one attached hydrogen (secondary N) is 3. The number of benzene rings is 1. The highest BCUT2D eigenvalue weighted by molar-refractivity contribution is 7.90. The molecule has 1 aliphatic carbocycles. The van der Waals surface area contributed by atoms with Crippen LogP contribution in [0, 0.1) is 0 Å². The highest BCUT2D eigenvalue weighted by Gasteiger charge is 2.30. The Bertz CT molecular complexity index is 1020. The molecule has 7 nitrogen and oxygen atoms in total. The van der Waals surface area contributed by atoms with Gasteiger partial charge in [0.25, 0.3) is 10.0 Å². The molecule has 0 aliphatic heterocycles. The van der Waals surface area contributed by atoms with E-state index in [1.165, 1.54) is 24.4 Å². The standard InChI is InChI=1S/C20H23F3N4O3S/c21-20(22,23)14-6-5-9-16(12-14)25-17-10-11-24-13-18(17)31(29,30)27-19(28)26-15-7-3-1-2-4-8-15/h5-6,9-13,15H,1-4,7-8H2,(H,24,25)(H2,26,27,28). The molecule has 1 aromatic heterocycles. The molecule has 3 N–H and O–H groups in total. The predicted molar refractivity (Wildman–Crippen MR) is 109 cm³/mol. The molecule has 168 valence electrons. The highest BCUT2D eigenvalue weighted by atomic mass is 32.2. The molecule has 1 aromatic carbocycles. The van der Waals surface area contributed by atoms with Crippen molar-refractivity contribution in [3.63, 3.8) is 0 Å². The summed E-state index contributed by atoms with van der Waals surface area (Å²) in [4.78, 5) is 15.7. The molecule has 0 spiro atoms. The van der Waals surface area contributed by atoms with Gasteiger partial charge in [0.2, 0.25) is 0 Å². The van der Waals surface area contributed by atoms with Crippen LogP contribution in [-0.2, 0) is 16.2 Å². The van der Waals surface area contributed by atoms with Crippen molar-refractivity contribution in [1.29, 1.82) is 0 Å². The van der Waals surface area contributed by atoms with Crippen LogP contribution in [0.2, 0.25) is 0 Å². The lowest BCUT2D eigenvalue weighted by molar-refractivity contribution is -0.137. The Labute approximate surface area is 178 Å². The van der Waals surface area contributed by atoms with Gasteiger partial charge in [-0.2, -0.15) is 13.2 Å². The van der Waals surface area contributed by atoms with E-state index in [2.05, 4.69) is 15.6 Å². The Balaban J connectivity index is 1.76. The van der Waals surface area contributed by atoms with Gasteiger partial charge in [0.05, 0.1) is 11.3 Å². The lowest BCUT2D eigenvalue weighted by atomic mass is 10.1. The summed E-state index contributed by atoms with van der Waals surface area (Å²) in [6.45, 7) is 0. The fourth-order valence-corrected chi connectivity index (χ4v) is 4.46. The van der Waals surface area contributed by atoms with Crippen molar-refractivity contribution in [3.8, 4) is 0 Å². The number of aromatic nitrogens is 1. The zero-order chi connectivity index (χ0) is 22.5. The first-order valence-electron chi connectivity index (χ1n) is 9.87. The number of hydrogen-bond acceptors (Lipinski definition) is 5. The number of sulfonamides is 1. The van der Waals surface area contributed by atoms with Crippen molar-refractivity contribution >= 4 is 27.4 Å². The van der Waals surface area contributed by atoms with Gasteiger partial charge in [-0.25, -0.2) is 17.9 Å². The Morgan fingerprint density at radius 2 is 1.77 bits per heavy atom. The van der Waals surface area contributed by atoms with E-state index in [1.807, 2.05) is 4.72 Å². The topological polar surface area (TPSA) is 100 Å². The van der Waals surface area contributed by atoms with E-state index in [4.69, 9.17) is 0 Å². The monoisotopic (exact) mass is 456 g/mol. The average Bonchev–Trinajstić information content (AvgIpc) is 2.96. The number of amides is 2. The van der Waals surface area contributed by atoms with Crippen molar-refractivity contribution in [3.05, 3.63) is 48.3 Å². The molecule has 0 saturated heterocycles. The molecule has 3 rings (SSSR count). The molecule has 0 bridgehead atoms. The van der Waals surface area contributed by atoms with Crippen molar-refractivity contribution in [2.45, 2.75) is 55.6 Å². The number of carbonyl (C=O) groups is 1. The highest BCUT2D eigenvalue weighted by Crippen LogP contribution is 2.32. The quantitative estimate of drug-likeness (QED) is 0.573. The number of urea groups is 1. The number of pyridine rings is 1. The van der Waals surface area contributed by atoms with Gasteiger partial charge >= 0.3 is 12.2 Å². The zero-order valence-electron chi connectivity index (χ0n) is 16.6. The minimum atomic E-state index is -4.54. The van der Waals surface area contributed by atoms with Gasteiger partial charge < -0.3 is 10.6 Å². The molecule has 2 aromatic rings. The number of hydrogen-bond donors (Lipinski definition) is 3. The molecule has 31 heavy (non-hydrogen) atoms. The third kappa shape index (κ3) is 6.33.